The van der Waals surface area contributed by atoms with Gasteiger partial charge in [-0.25, -0.2) is 0 Å². The van der Waals surface area contributed by atoms with Crippen molar-refractivity contribution in [1.82, 2.24) is 4.90 Å². The van der Waals surface area contributed by atoms with Gasteiger partial charge < -0.3 is 5.11 Å². The van der Waals surface area contributed by atoms with Crippen LogP contribution in [0.3, 0.4) is 0 Å². The molecule has 0 aromatic heterocycles. The zero-order valence-electron chi connectivity index (χ0n) is 10.6. The average molecular weight is 227 g/mol. The Morgan fingerprint density at radius 3 is 2.75 bits per heavy atom. The second-order valence-corrected chi connectivity index (χ2v) is 5.08. The van der Waals surface area contributed by atoms with E-state index in [1.54, 1.807) is 0 Å². The fraction of sp³-hybridized carbons (Fsp3) is 0.923. The molecule has 0 aliphatic carbocycles. The summed E-state index contributed by atoms with van der Waals surface area (Å²) in [4.78, 5) is 13.3. The van der Waals surface area contributed by atoms with Gasteiger partial charge in [0.15, 0.2) is 0 Å². The normalized spacial score (nSPS) is 26.9. The molecule has 0 bridgehead atoms. The van der Waals surface area contributed by atoms with Crippen LogP contribution in [0, 0.1) is 5.92 Å². The monoisotopic (exact) mass is 227 g/mol. The summed E-state index contributed by atoms with van der Waals surface area (Å²) >= 11 is 0. The van der Waals surface area contributed by atoms with Gasteiger partial charge in [-0.05, 0) is 38.3 Å². The number of rotatable bonds is 6. The summed E-state index contributed by atoms with van der Waals surface area (Å²) < 4.78 is 0. The van der Waals surface area contributed by atoms with Gasteiger partial charge in [-0.3, -0.25) is 9.69 Å². The first-order chi connectivity index (χ1) is 7.65. The van der Waals surface area contributed by atoms with E-state index in [0.29, 0.717) is 5.92 Å². The van der Waals surface area contributed by atoms with Crippen LogP contribution in [-0.4, -0.2) is 35.1 Å². The van der Waals surface area contributed by atoms with Crippen molar-refractivity contribution in [2.45, 2.75) is 58.4 Å². The third-order valence-corrected chi connectivity index (χ3v) is 3.56. The Hall–Kier alpha value is -0.570. The Kier molecular flexibility index (Phi) is 5.81. The summed E-state index contributed by atoms with van der Waals surface area (Å²) in [5.74, 6) is -0.0740. The number of carboxylic acids is 1. The lowest BCUT2D eigenvalue weighted by atomic mass is 9.92. The molecule has 2 atom stereocenters. The number of carboxylic acid groups (broad SMARTS) is 1. The van der Waals surface area contributed by atoms with E-state index in [4.69, 9.17) is 0 Å². The number of hydrogen-bond acceptors (Lipinski definition) is 2. The molecule has 1 aliphatic rings. The topological polar surface area (TPSA) is 40.5 Å². The highest BCUT2D eigenvalue weighted by Crippen LogP contribution is 2.23. The van der Waals surface area contributed by atoms with E-state index >= 15 is 0 Å². The van der Waals surface area contributed by atoms with Crippen molar-refractivity contribution in [3.05, 3.63) is 0 Å². The van der Waals surface area contributed by atoms with Crippen molar-refractivity contribution in [3.8, 4) is 0 Å². The molecular weight excluding hydrogens is 202 g/mol. The average Bonchev–Trinajstić information content (AvgIpc) is 2.26. The third kappa shape index (κ3) is 4.12. The summed E-state index contributed by atoms with van der Waals surface area (Å²) in [5.41, 5.74) is 0. The lowest BCUT2D eigenvalue weighted by Crippen LogP contribution is -2.47. The molecule has 0 amide bonds. The minimum Gasteiger partial charge on any atom is -0.480 e. The van der Waals surface area contributed by atoms with E-state index in [9.17, 15) is 9.90 Å². The summed E-state index contributed by atoms with van der Waals surface area (Å²) in [7, 11) is 0. The van der Waals surface area contributed by atoms with Gasteiger partial charge in [-0.15, -0.1) is 0 Å². The van der Waals surface area contributed by atoms with Crippen molar-refractivity contribution < 1.29 is 9.90 Å². The highest BCUT2D eigenvalue weighted by molar-refractivity contribution is 5.73. The maximum atomic E-state index is 11.2. The number of aliphatic carboxylic acids is 1. The van der Waals surface area contributed by atoms with Crippen LogP contribution in [0.25, 0.3) is 0 Å². The summed E-state index contributed by atoms with van der Waals surface area (Å²) in [6, 6.07) is -0.231. The molecule has 1 N–H and O–H groups in total. The van der Waals surface area contributed by atoms with E-state index < -0.39 is 5.97 Å². The minimum atomic E-state index is -0.637. The van der Waals surface area contributed by atoms with Gasteiger partial charge >= 0.3 is 5.97 Å². The van der Waals surface area contributed by atoms with Crippen LogP contribution in [0.15, 0.2) is 0 Å². The van der Waals surface area contributed by atoms with E-state index in [0.717, 1.165) is 32.4 Å². The molecule has 1 heterocycles. The Morgan fingerprint density at radius 2 is 2.12 bits per heavy atom. The SMILES string of the molecule is CCCCCCN1CCC(C)CC1C(=O)O. The first-order valence-electron chi connectivity index (χ1n) is 6.62. The van der Waals surface area contributed by atoms with Crippen LogP contribution in [0.1, 0.15) is 52.4 Å². The molecule has 3 nitrogen and oxygen atoms in total. The van der Waals surface area contributed by atoms with Gasteiger partial charge in [0.25, 0.3) is 0 Å². The number of piperidine rings is 1. The number of likely N-dealkylation sites (tertiary alicyclic amines) is 1. The first-order valence-corrected chi connectivity index (χ1v) is 6.62. The molecule has 2 unspecified atom stereocenters. The van der Waals surface area contributed by atoms with Crippen LogP contribution in [0.4, 0.5) is 0 Å². The van der Waals surface area contributed by atoms with Crippen molar-refractivity contribution in [1.29, 1.82) is 0 Å². The molecule has 94 valence electrons. The number of carbonyl (C=O) groups is 1. The van der Waals surface area contributed by atoms with Crippen molar-refractivity contribution in [2.75, 3.05) is 13.1 Å². The minimum absolute atomic E-state index is 0.231. The zero-order chi connectivity index (χ0) is 12.0. The van der Waals surface area contributed by atoms with Crippen LogP contribution < -0.4 is 0 Å². The molecule has 0 aromatic carbocycles. The number of nitrogens with zero attached hydrogens (tertiary/aromatic N) is 1. The smallest absolute Gasteiger partial charge is 0.320 e. The predicted molar refractivity (Wildman–Crippen MR) is 65.5 cm³/mol. The lowest BCUT2D eigenvalue weighted by Gasteiger charge is -2.35. The molecule has 16 heavy (non-hydrogen) atoms. The fourth-order valence-corrected chi connectivity index (χ4v) is 2.46. The third-order valence-electron chi connectivity index (χ3n) is 3.56. The second kappa shape index (κ2) is 6.89. The molecule has 0 radical (unpaired) electrons. The molecule has 3 heteroatoms. The van der Waals surface area contributed by atoms with E-state index in [2.05, 4.69) is 18.7 Å². The van der Waals surface area contributed by atoms with Gasteiger partial charge in [0.1, 0.15) is 6.04 Å². The highest BCUT2D eigenvalue weighted by Gasteiger charge is 2.30. The number of hydrogen-bond donors (Lipinski definition) is 1. The summed E-state index contributed by atoms with van der Waals surface area (Å²) in [5, 5.41) is 9.19. The van der Waals surface area contributed by atoms with Gasteiger partial charge in [-0.2, -0.15) is 0 Å². The molecule has 0 spiro atoms. The summed E-state index contributed by atoms with van der Waals surface area (Å²) in [6.45, 7) is 6.28. The molecule has 1 rings (SSSR count). The molecular formula is C13H25NO2. The van der Waals surface area contributed by atoms with Crippen LogP contribution in [-0.2, 0) is 4.79 Å². The second-order valence-electron chi connectivity index (χ2n) is 5.08. The van der Waals surface area contributed by atoms with Gasteiger partial charge in [0.2, 0.25) is 0 Å². The Bertz CT molecular complexity index is 218. The molecule has 0 aromatic rings. The molecule has 0 saturated carbocycles. The lowest BCUT2D eigenvalue weighted by molar-refractivity contribution is -0.145. The largest absolute Gasteiger partial charge is 0.480 e. The first kappa shape index (κ1) is 13.5. The van der Waals surface area contributed by atoms with Crippen molar-refractivity contribution in [2.24, 2.45) is 5.92 Å². The number of unbranched alkanes of at least 4 members (excludes halogenated alkanes) is 3. The zero-order valence-corrected chi connectivity index (χ0v) is 10.6. The highest BCUT2D eigenvalue weighted by atomic mass is 16.4. The Balaban J connectivity index is 2.34. The van der Waals surface area contributed by atoms with Gasteiger partial charge in [0.05, 0.1) is 0 Å². The van der Waals surface area contributed by atoms with Crippen molar-refractivity contribution in [3.63, 3.8) is 0 Å². The molecule has 1 aliphatic heterocycles. The Labute approximate surface area is 98.8 Å². The van der Waals surface area contributed by atoms with Crippen molar-refractivity contribution >= 4 is 5.97 Å². The quantitative estimate of drug-likeness (QED) is 0.709. The van der Waals surface area contributed by atoms with E-state index in [1.807, 2.05) is 0 Å². The summed E-state index contributed by atoms with van der Waals surface area (Å²) in [6.07, 6.45) is 6.85. The fourth-order valence-electron chi connectivity index (χ4n) is 2.46. The maximum absolute atomic E-state index is 11.2. The molecule has 1 saturated heterocycles. The maximum Gasteiger partial charge on any atom is 0.320 e. The Morgan fingerprint density at radius 1 is 1.38 bits per heavy atom. The van der Waals surface area contributed by atoms with Crippen LogP contribution in [0.2, 0.25) is 0 Å². The van der Waals surface area contributed by atoms with E-state index in [1.165, 1.54) is 19.3 Å². The standard InChI is InChI=1S/C13H25NO2/c1-3-4-5-6-8-14-9-7-11(2)10-12(14)13(15)16/h11-12H,3-10H2,1-2H3,(H,15,16). The van der Waals surface area contributed by atoms with Gasteiger partial charge in [0, 0.05) is 0 Å². The van der Waals surface area contributed by atoms with Gasteiger partial charge in [-0.1, -0.05) is 33.1 Å². The van der Waals surface area contributed by atoms with Crippen LogP contribution >= 0.6 is 0 Å². The van der Waals surface area contributed by atoms with E-state index in [-0.39, 0.29) is 6.04 Å². The molecule has 1 fully saturated rings. The van der Waals surface area contributed by atoms with Crippen LogP contribution in [0.5, 0.6) is 0 Å². The predicted octanol–water partition coefficient (Wildman–Crippen LogP) is 2.75.